The monoisotopic (exact) mass is 437 g/mol. The molecule has 5 rings (SSSR count). The molecule has 1 aliphatic rings. The van der Waals surface area contributed by atoms with Crippen molar-refractivity contribution in [1.82, 2.24) is 29.8 Å². The summed E-state index contributed by atoms with van der Waals surface area (Å²) < 4.78 is 6.15. The Morgan fingerprint density at radius 3 is 2.97 bits per heavy atom. The van der Waals surface area contributed by atoms with Crippen molar-refractivity contribution in [2.75, 3.05) is 31.6 Å². The van der Waals surface area contributed by atoms with Crippen LogP contribution in [-0.2, 0) is 0 Å². The van der Waals surface area contributed by atoms with E-state index in [0.29, 0.717) is 29.0 Å². The molecule has 9 heteroatoms. The Kier molecular flexibility index (Phi) is 5.57. The van der Waals surface area contributed by atoms with Crippen molar-refractivity contribution in [2.45, 2.75) is 25.8 Å². The van der Waals surface area contributed by atoms with E-state index < -0.39 is 0 Å². The van der Waals surface area contributed by atoms with Gasteiger partial charge in [-0.25, -0.2) is 19.9 Å². The van der Waals surface area contributed by atoms with Crippen LogP contribution in [0.2, 0.25) is 5.02 Å². The SMILES string of the molecule is CC(Nc1ncnc2nc[nH]c12)c1cc2cccc(Cl)c2c(OCCN2CCCC2)n1. The molecule has 0 radical (unpaired) electrons. The molecule has 0 spiro atoms. The van der Waals surface area contributed by atoms with Gasteiger partial charge < -0.3 is 15.0 Å². The second-order valence-corrected chi connectivity index (χ2v) is 8.18. The minimum absolute atomic E-state index is 0.120. The summed E-state index contributed by atoms with van der Waals surface area (Å²) in [7, 11) is 0. The number of hydrogen-bond donors (Lipinski definition) is 2. The lowest BCUT2D eigenvalue weighted by Crippen LogP contribution is -2.25. The fourth-order valence-corrected chi connectivity index (χ4v) is 4.27. The highest BCUT2D eigenvalue weighted by Gasteiger charge is 2.17. The zero-order valence-corrected chi connectivity index (χ0v) is 18.1. The maximum Gasteiger partial charge on any atom is 0.223 e. The van der Waals surface area contributed by atoms with Crippen LogP contribution in [0.1, 0.15) is 31.5 Å². The van der Waals surface area contributed by atoms with Crippen LogP contribution in [0, 0.1) is 0 Å². The Morgan fingerprint density at radius 2 is 2.10 bits per heavy atom. The van der Waals surface area contributed by atoms with Crippen LogP contribution in [0.4, 0.5) is 5.82 Å². The van der Waals surface area contributed by atoms with E-state index in [1.807, 2.05) is 31.2 Å². The van der Waals surface area contributed by atoms with Gasteiger partial charge in [-0.3, -0.25) is 4.90 Å². The predicted molar refractivity (Wildman–Crippen MR) is 122 cm³/mol. The molecule has 0 aliphatic carbocycles. The molecule has 0 amide bonds. The summed E-state index contributed by atoms with van der Waals surface area (Å²) in [5.74, 6) is 1.25. The van der Waals surface area contributed by atoms with Gasteiger partial charge in [0.1, 0.15) is 18.5 Å². The van der Waals surface area contributed by atoms with Gasteiger partial charge in [-0.05, 0) is 50.4 Å². The summed E-state index contributed by atoms with van der Waals surface area (Å²) in [5, 5.41) is 5.90. The van der Waals surface area contributed by atoms with Gasteiger partial charge in [0.05, 0.1) is 28.5 Å². The first kappa shape index (κ1) is 20.0. The van der Waals surface area contributed by atoms with Gasteiger partial charge in [-0.1, -0.05) is 23.7 Å². The molecular weight excluding hydrogens is 414 g/mol. The van der Waals surface area contributed by atoms with E-state index in [9.17, 15) is 0 Å². The fourth-order valence-electron chi connectivity index (χ4n) is 4.01. The third-order valence-electron chi connectivity index (χ3n) is 5.66. The number of imidazole rings is 1. The molecule has 1 aliphatic heterocycles. The number of nitrogens with zero attached hydrogens (tertiary/aromatic N) is 5. The average molecular weight is 438 g/mol. The van der Waals surface area contributed by atoms with E-state index in [-0.39, 0.29) is 6.04 Å². The normalized spacial score (nSPS) is 15.5. The third-order valence-corrected chi connectivity index (χ3v) is 5.97. The Morgan fingerprint density at radius 1 is 1.23 bits per heavy atom. The van der Waals surface area contributed by atoms with E-state index in [1.54, 1.807) is 6.33 Å². The highest BCUT2D eigenvalue weighted by Crippen LogP contribution is 2.33. The van der Waals surface area contributed by atoms with Gasteiger partial charge in [-0.2, -0.15) is 0 Å². The molecule has 1 fully saturated rings. The van der Waals surface area contributed by atoms with Crippen molar-refractivity contribution in [3.63, 3.8) is 0 Å². The summed E-state index contributed by atoms with van der Waals surface area (Å²) >= 11 is 6.51. The number of fused-ring (bicyclic) bond motifs is 2. The number of pyridine rings is 1. The molecule has 1 aromatic carbocycles. The summed E-state index contributed by atoms with van der Waals surface area (Å²) in [5.41, 5.74) is 2.23. The molecular formula is C22H24ClN7O. The van der Waals surface area contributed by atoms with Crippen LogP contribution in [0.3, 0.4) is 0 Å². The molecule has 160 valence electrons. The number of rotatable bonds is 7. The molecule has 31 heavy (non-hydrogen) atoms. The Labute approximate surface area is 185 Å². The molecule has 1 saturated heterocycles. The number of nitrogens with one attached hydrogen (secondary N) is 2. The van der Waals surface area contributed by atoms with E-state index >= 15 is 0 Å². The number of halogens is 1. The first-order valence-electron chi connectivity index (χ1n) is 10.5. The molecule has 0 saturated carbocycles. The fraction of sp³-hybridized carbons (Fsp3) is 0.364. The topological polar surface area (TPSA) is 91.9 Å². The first-order valence-corrected chi connectivity index (χ1v) is 10.9. The van der Waals surface area contributed by atoms with Crippen LogP contribution >= 0.6 is 11.6 Å². The first-order chi connectivity index (χ1) is 15.2. The smallest absolute Gasteiger partial charge is 0.223 e. The third kappa shape index (κ3) is 4.13. The molecule has 4 heterocycles. The summed E-state index contributed by atoms with van der Waals surface area (Å²) in [6.45, 7) is 5.79. The number of aromatic amines is 1. The Balaban J connectivity index is 1.43. The number of anilines is 1. The summed E-state index contributed by atoms with van der Waals surface area (Å²) in [6, 6.07) is 7.77. The molecule has 1 atom stereocenters. The maximum absolute atomic E-state index is 6.51. The van der Waals surface area contributed by atoms with Crippen molar-refractivity contribution in [2.24, 2.45) is 0 Å². The van der Waals surface area contributed by atoms with Crippen molar-refractivity contribution in [3.8, 4) is 5.88 Å². The van der Waals surface area contributed by atoms with Gasteiger partial charge in [0.25, 0.3) is 0 Å². The minimum Gasteiger partial charge on any atom is -0.476 e. The van der Waals surface area contributed by atoms with Crippen LogP contribution in [0.15, 0.2) is 36.9 Å². The van der Waals surface area contributed by atoms with Crippen LogP contribution in [-0.4, -0.2) is 56.1 Å². The second kappa shape index (κ2) is 8.64. The Bertz CT molecular complexity index is 1210. The van der Waals surface area contributed by atoms with Gasteiger partial charge in [0.15, 0.2) is 11.5 Å². The number of hydrogen-bond acceptors (Lipinski definition) is 7. The van der Waals surface area contributed by atoms with Gasteiger partial charge in [0, 0.05) is 6.54 Å². The zero-order chi connectivity index (χ0) is 21.2. The predicted octanol–water partition coefficient (Wildman–Crippen LogP) is 4.20. The number of H-pyrrole nitrogens is 1. The van der Waals surface area contributed by atoms with Crippen LogP contribution < -0.4 is 10.1 Å². The zero-order valence-electron chi connectivity index (χ0n) is 17.3. The van der Waals surface area contributed by atoms with Crippen LogP contribution in [0.25, 0.3) is 21.9 Å². The molecule has 0 bridgehead atoms. The van der Waals surface area contributed by atoms with Gasteiger partial charge in [0.2, 0.25) is 5.88 Å². The number of benzene rings is 1. The number of likely N-dealkylation sites (tertiary alicyclic amines) is 1. The van der Waals surface area contributed by atoms with Gasteiger partial charge >= 0.3 is 0 Å². The lowest BCUT2D eigenvalue weighted by molar-refractivity contribution is 0.233. The molecule has 3 aromatic heterocycles. The molecule has 8 nitrogen and oxygen atoms in total. The van der Waals surface area contributed by atoms with E-state index in [4.69, 9.17) is 21.3 Å². The van der Waals surface area contributed by atoms with Crippen molar-refractivity contribution >= 4 is 39.4 Å². The minimum atomic E-state index is -0.120. The standard InChI is InChI=1S/C22H24ClN7O/c1-14(28-21-19-20(25-12-24-19)26-13-27-21)17-11-15-5-4-6-16(23)18(15)22(29-17)31-10-9-30-7-2-3-8-30/h4-6,11-14H,2-3,7-10H2,1H3,(H2,24,25,26,27,28). The number of ether oxygens (including phenoxy) is 1. The molecule has 1 unspecified atom stereocenters. The van der Waals surface area contributed by atoms with Gasteiger partial charge in [-0.15, -0.1) is 0 Å². The Hall–Kier alpha value is -2.97. The van der Waals surface area contributed by atoms with Crippen molar-refractivity contribution in [1.29, 1.82) is 0 Å². The van der Waals surface area contributed by atoms with Crippen LogP contribution in [0.5, 0.6) is 5.88 Å². The highest BCUT2D eigenvalue weighted by molar-refractivity contribution is 6.36. The lowest BCUT2D eigenvalue weighted by Gasteiger charge is -2.19. The van der Waals surface area contributed by atoms with E-state index in [0.717, 1.165) is 41.6 Å². The lowest BCUT2D eigenvalue weighted by atomic mass is 10.1. The van der Waals surface area contributed by atoms with Crippen molar-refractivity contribution < 1.29 is 4.74 Å². The molecule has 2 N–H and O–H groups in total. The maximum atomic E-state index is 6.51. The van der Waals surface area contributed by atoms with E-state index in [1.165, 1.54) is 19.2 Å². The van der Waals surface area contributed by atoms with E-state index in [2.05, 4.69) is 30.2 Å². The summed E-state index contributed by atoms with van der Waals surface area (Å²) in [6.07, 6.45) is 5.63. The number of aromatic nitrogens is 5. The quantitative estimate of drug-likeness (QED) is 0.447. The average Bonchev–Trinajstić information content (AvgIpc) is 3.46. The highest BCUT2D eigenvalue weighted by atomic mass is 35.5. The second-order valence-electron chi connectivity index (χ2n) is 7.78. The van der Waals surface area contributed by atoms with Crippen molar-refractivity contribution in [3.05, 3.63) is 47.6 Å². The summed E-state index contributed by atoms with van der Waals surface area (Å²) in [4.78, 5) is 23.0. The largest absolute Gasteiger partial charge is 0.476 e. The molecule has 4 aromatic rings.